The second-order valence-electron chi connectivity index (χ2n) is 7.02. The maximum Gasteiger partial charge on any atom is 0.416 e. The minimum atomic E-state index is -4.53. The van der Waals surface area contributed by atoms with Gasteiger partial charge >= 0.3 is 6.18 Å². The van der Waals surface area contributed by atoms with Gasteiger partial charge in [0.2, 0.25) is 0 Å². The molecule has 1 aromatic heterocycles. The van der Waals surface area contributed by atoms with Crippen molar-refractivity contribution in [1.82, 2.24) is 9.66 Å². The minimum absolute atomic E-state index is 0.00560. The van der Waals surface area contributed by atoms with Crippen LogP contribution in [0.4, 0.5) is 13.2 Å². The number of nitrogens with zero attached hydrogens (tertiary/aromatic N) is 3. The van der Waals surface area contributed by atoms with Gasteiger partial charge in [0, 0.05) is 5.56 Å². The van der Waals surface area contributed by atoms with E-state index in [9.17, 15) is 18.0 Å². The summed E-state index contributed by atoms with van der Waals surface area (Å²) < 4.78 is 47.0. The van der Waals surface area contributed by atoms with Crippen molar-refractivity contribution in [1.29, 1.82) is 0 Å². The van der Waals surface area contributed by atoms with Gasteiger partial charge in [-0.2, -0.15) is 22.9 Å². The van der Waals surface area contributed by atoms with Gasteiger partial charge in [0.1, 0.15) is 5.75 Å². The third-order valence-electron chi connectivity index (χ3n) is 4.78. The monoisotopic (exact) mass is 515 g/mol. The Kier molecular flexibility index (Phi) is 6.33. The van der Waals surface area contributed by atoms with Gasteiger partial charge in [-0.1, -0.05) is 24.3 Å². The average Bonchev–Trinajstić information content (AvgIpc) is 2.79. The molecule has 0 bridgehead atoms. The Morgan fingerprint density at radius 3 is 2.61 bits per heavy atom. The third-order valence-corrected chi connectivity index (χ3v) is 5.40. The molecular weight excluding hydrogens is 499 g/mol. The molecule has 0 N–H and O–H groups in total. The summed E-state index contributed by atoms with van der Waals surface area (Å²) in [6.45, 7) is 2.38. The van der Waals surface area contributed by atoms with Crippen LogP contribution in [0.25, 0.3) is 22.3 Å². The van der Waals surface area contributed by atoms with Gasteiger partial charge in [0.05, 0.1) is 33.8 Å². The molecule has 0 saturated heterocycles. The van der Waals surface area contributed by atoms with Crippen LogP contribution in [-0.2, 0) is 6.18 Å². The topological polar surface area (TPSA) is 56.5 Å². The number of alkyl halides is 3. The van der Waals surface area contributed by atoms with Gasteiger partial charge < -0.3 is 4.74 Å². The molecule has 0 radical (unpaired) electrons. The number of halogens is 4. The predicted molar refractivity (Wildman–Crippen MR) is 125 cm³/mol. The number of para-hydroxylation sites is 1. The van der Waals surface area contributed by atoms with Crippen LogP contribution in [-0.4, -0.2) is 22.5 Å². The summed E-state index contributed by atoms with van der Waals surface area (Å²) in [5.41, 5.74) is -0.189. The van der Waals surface area contributed by atoms with E-state index < -0.39 is 17.3 Å². The van der Waals surface area contributed by atoms with Crippen molar-refractivity contribution in [2.45, 2.75) is 13.1 Å². The van der Waals surface area contributed by atoms with Gasteiger partial charge in [-0.25, -0.2) is 4.98 Å². The summed E-state index contributed by atoms with van der Waals surface area (Å²) in [6.07, 6.45) is -3.09. The molecule has 3 aromatic carbocycles. The van der Waals surface area contributed by atoms with Crippen LogP contribution < -0.4 is 10.3 Å². The van der Waals surface area contributed by atoms with Crippen molar-refractivity contribution in [3.8, 4) is 17.1 Å². The molecule has 0 unspecified atom stereocenters. The quantitative estimate of drug-likeness (QED) is 0.300. The molecule has 0 fully saturated rings. The second kappa shape index (κ2) is 9.19. The number of hydrogen-bond donors (Lipinski definition) is 0. The van der Waals surface area contributed by atoms with E-state index in [1.54, 1.807) is 42.5 Å². The van der Waals surface area contributed by atoms with E-state index in [4.69, 9.17) is 4.74 Å². The summed E-state index contributed by atoms with van der Waals surface area (Å²) in [5.74, 6) is 0.662. The molecule has 1 heterocycles. The molecule has 0 saturated carbocycles. The van der Waals surface area contributed by atoms with E-state index >= 15 is 0 Å². The highest BCUT2D eigenvalue weighted by atomic mass is 79.9. The van der Waals surface area contributed by atoms with E-state index in [0.717, 1.165) is 16.8 Å². The number of fused-ring (bicyclic) bond motifs is 1. The molecule has 5 nitrogen and oxygen atoms in total. The van der Waals surface area contributed by atoms with Crippen molar-refractivity contribution in [2.75, 3.05) is 6.61 Å². The molecule has 0 aliphatic heterocycles. The summed E-state index contributed by atoms with van der Waals surface area (Å²) in [7, 11) is 0. The van der Waals surface area contributed by atoms with Crippen molar-refractivity contribution >= 4 is 33.0 Å². The maximum absolute atomic E-state index is 13.3. The van der Waals surface area contributed by atoms with Crippen LogP contribution in [0, 0.1) is 0 Å². The summed E-state index contributed by atoms with van der Waals surface area (Å²) in [4.78, 5) is 17.6. The first kappa shape index (κ1) is 22.7. The van der Waals surface area contributed by atoms with Gasteiger partial charge in [0.15, 0.2) is 5.82 Å². The first-order valence-corrected chi connectivity index (χ1v) is 10.7. The fourth-order valence-electron chi connectivity index (χ4n) is 3.25. The number of rotatable bonds is 5. The molecule has 4 rings (SSSR count). The van der Waals surface area contributed by atoms with Crippen LogP contribution in [0.1, 0.15) is 18.1 Å². The smallest absolute Gasteiger partial charge is 0.416 e. The zero-order chi connectivity index (χ0) is 23.6. The molecule has 0 amide bonds. The van der Waals surface area contributed by atoms with Crippen LogP contribution in [0.2, 0.25) is 0 Å². The number of benzene rings is 3. The standard InChI is InChI=1S/C24H17BrF3N3O2/c1-2-33-21-11-10-15(12-19(21)25)14-29-31-22(16-6-5-7-17(13-16)24(26,27)28)30-20-9-4-3-8-18(20)23(31)32/h3-14H,2H2,1H3. The van der Waals surface area contributed by atoms with E-state index in [1.165, 1.54) is 18.3 Å². The fourth-order valence-corrected chi connectivity index (χ4v) is 3.76. The van der Waals surface area contributed by atoms with Gasteiger partial charge in [0.25, 0.3) is 5.56 Å². The van der Waals surface area contributed by atoms with E-state index in [0.29, 0.717) is 33.3 Å². The first-order valence-electron chi connectivity index (χ1n) is 9.94. The summed E-state index contributed by atoms with van der Waals surface area (Å²) >= 11 is 3.43. The Balaban J connectivity index is 1.87. The summed E-state index contributed by atoms with van der Waals surface area (Å²) in [5, 5.41) is 4.59. The van der Waals surface area contributed by atoms with Crippen molar-refractivity contribution in [2.24, 2.45) is 5.10 Å². The van der Waals surface area contributed by atoms with E-state index in [1.807, 2.05) is 6.92 Å². The molecule has 33 heavy (non-hydrogen) atoms. The third kappa shape index (κ3) is 4.83. The molecule has 4 aromatic rings. The Morgan fingerprint density at radius 2 is 1.88 bits per heavy atom. The van der Waals surface area contributed by atoms with Crippen LogP contribution in [0.15, 0.2) is 81.1 Å². The summed E-state index contributed by atoms with van der Waals surface area (Å²) in [6, 6.07) is 16.5. The lowest BCUT2D eigenvalue weighted by atomic mass is 10.1. The normalized spacial score (nSPS) is 11.9. The largest absolute Gasteiger partial charge is 0.493 e. The highest BCUT2D eigenvalue weighted by Crippen LogP contribution is 2.32. The average molecular weight is 516 g/mol. The predicted octanol–water partition coefficient (Wildman–Crippen LogP) is 6.13. The highest BCUT2D eigenvalue weighted by Gasteiger charge is 2.30. The lowest BCUT2D eigenvalue weighted by Crippen LogP contribution is -2.20. The minimum Gasteiger partial charge on any atom is -0.493 e. The van der Waals surface area contributed by atoms with Crippen LogP contribution in [0.5, 0.6) is 5.75 Å². The maximum atomic E-state index is 13.3. The highest BCUT2D eigenvalue weighted by molar-refractivity contribution is 9.10. The van der Waals surface area contributed by atoms with Gasteiger partial charge in [-0.15, -0.1) is 0 Å². The number of aromatic nitrogens is 2. The van der Waals surface area contributed by atoms with Crippen LogP contribution in [0.3, 0.4) is 0 Å². The van der Waals surface area contributed by atoms with Gasteiger partial charge in [-0.3, -0.25) is 4.79 Å². The molecule has 0 aliphatic carbocycles. The molecular formula is C24H17BrF3N3O2. The van der Waals surface area contributed by atoms with E-state index in [2.05, 4.69) is 26.0 Å². The van der Waals surface area contributed by atoms with Crippen molar-refractivity contribution in [3.63, 3.8) is 0 Å². The Labute approximate surface area is 195 Å². The number of hydrogen-bond acceptors (Lipinski definition) is 4. The zero-order valence-corrected chi connectivity index (χ0v) is 18.9. The zero-order valence-electron chi connectivity index (χ0n) is 17.3. The molecule has 9 heteroatoms. The number of ether oxygens (including phenoxy) is 1. The lowest BCUT2D eigenvalue weighted by molar-refractivity contribution is -0.137. The molecule has 168 valence electrons. The lowest BCUT2D eigenvalue weighted by Gasteiger charge is -2.12. The van der Waals surface area contributed by atoms with Crippen molar-refractivity contribution < 1.29 is 17.9 Å². The molecule has 0 spiro atoms. The molecule has 0 aliphatic rings. The Bertz CT molecular complexity index is 1410. The van der Waals surface area contributed by atoms with E-state index in [-0.39, 0.29) is 11.4 Å². The Hall–Kier alpha value is -3.46. The second-order valence-corrected chi connectivity index (χ2v) is 7.87. The SMILES string of the molecule is CCOc1ccc(C=Nn2c(-c3cccc(C(F)(F)F)c3)nc3ccccc3c2=O)cc1Br. The first-order chi connectivity index (χ1) is 15.8. The van der Waals surface area contributed by atoms with Gasteiger partial charge in [-0.05, 0) is 70.9 Å². The Morgan fingerprint density at radius 1 is 1.09 bits per heavy atom. The fraction of sp³-hybridized carbons (Fsp3) is 0.125. The van der Waals surface area contributed by atoms with Crippen molar-refractivity contribution in [3.05, 3.63) is 92.7 Å². The molecule has 0 atom stereocenters. The van der Waals surface area contributed by atoms with Crippen LogP contribution >= 0.6 is 15.9 Å².